The average molecular weight is 414 g/mol. The van der Waals surface area contributed by atoms with Crippen LogP contribution in [0.25, 0.3) is 0 Å². The van der Waals surface area contributed by atoms with Crippen molar-refractivity contribution in [1.29, 1.82) is 0 Å². The van der Waals surface area contributed by atoms with E-state index in [4.69, 9.17) is 9.47 Å². The van der Waals surface area contributed by atoms with Crippen molar-refractivity contribution in [3.05, 3.63) is 0 Å². The molecule has 0 bridgehead atoms. The molecule has 0 aliphatic heterocycles. The maximum atomic E-state index is 12.4. The molecule has 0 aliphatic carbocycles. The molecule has 0 spiro atoms. The number of rotatable bonds is 19. The molecule has 5 nitrogen and oxygen atoms in total. The minimum atomic E-state index is -0.637. The lowest BCUT2D eigenvalue weighted by atomic mass is 9.99. The molecule has 2 unspecified atom stereocenters. The first-order valence-electron chi connectivity index (χ1n) is 12.2. The lowest BCUT2D eigenvalue weighted by molar-refractivity contribution is -0.147. The Labute approximate surface area is 179 Å². The maximum Gasteiger partial charge on any atom is 0.407 e. The smallest absolute Gasteiger partial charge is 0.407 e. The Kier molecular flexibility index (Phi) is 19.2. The van der Waals surface area contributed by atoms with E-state index in [-0.39, 0.29) is 11.9 Å². The van der Waals surface area contributed by atoms with Crippen LogP contribution in [-0.4, -0.2) is 31.3 Å². The predicted molar refractivity (Wildman–Crippen MR) is 120 cm³/mol. The summed E-state index contributed by atoms with van der Waals surface area (Å²) in [5, 5.41) is 2.66. The number of hydrogen-bond acceptors (Lipinski definition) is 4. The number of hydrogen-bond donors (Lipinski definition) is 1. The first-order valence-corrected chi connectivity index (χ1v) is 12.2. The molecular weight excluding hydrogens is 366 g/mol. The van der Waals surface area contributed by atoms with E-state index < -0.39 is 12.1 Å². The van der Waals surface area contributed by atoms with Crippen LogP contribution in [0.2, 0.25) is 0 Å². The summed E-state index contributed by atoms with van der Waals surface area (Å²) in [6, 6.07) is -0.637. The topological polar surface area (TPSA) is 64.6 Å². The van der Waals surface area contributed by atoms with Crippen LogP contribution in [0.1, 0.15) is 118 Å². The van der Waals surface area contributed by atoms with Crippen molar-refractivity contribution in [2.24, 2.45) is 5.92 Å². The summed E-state index contributed by atoms with van der Waals surface area (Å²) < 4.78 is 10.4. The first-order chi connectivity index (χ1) is 14.1. The van der Waals surface area contributed by atoms with Crippen LogP contribution in [0.4, 0.5) is 4.79 Å². The third-order valence-corrected chi connectivity index (χ3v) is 5.42. The van der Waals surface area contributed by atoms with Gasteiger partial charge in [0, 0.05) is 0 Å². The Bertz CT molecular complexity index is 400. The predicted octanol–water partition coefficient (Wildman–Crippen LogP) is 6.78. The molecule has 0 radical (unpaired) electrons. The van der Waals surface area contributed by atoms with E-state index in [2.05, 4.69) is 12.2 Å². The van der Waals surface area contributed by atoms with Gasteiger partial charge in [0.15, 0.2) is 0 Å². The van der Waals surface area contributed by atoms with Crippen LogP contribution in [0.5, 0.6) is 0 Å². The fourth-order valence-corrected chi connectivity index (χ4v) is 3.24. The molecule has 0 saturated heterocycles. The van der Waals surface area contributed by atoms with Gasteiger partial charge >= 0.3 is 12.1 Å². The lowest BCUT2D eigenvalue weighted by Gasteiger charge is -2.22. The standard InChI is InChI=1S/C24H47NO4/c1-5-8-9-10-11-12-13-14-15-16-17-18-20-28-23(26)22(21(4)7-3)25-24(27)29-19-6-2/h21-22H,5-20H2,1-4H3,(H,25,27). The van der Waals surface area contributed by atoms with Gasteiger partial charge in [-0.15, -0.1) is 0 Å². The molecule has 0 aliphatic rings. The van der Waals surface area contributed by atoms with Crippen molar-refractivity contribution in [2.75, 3.05) is 13.2 Å². The van der Waals surface area contributed by atoms with E-state index in [1.807, 2.05) is 20.8 Å². The summed E-state index contributed by atoms with van der Waals surface area (Å²) in [7, 11) is 0. The summed E-state index contributed by atoms with van der Waals surface area (Å²) in [6.07, 6.45) is 16.3. The monoisotopic (exact) mass is 413 g/mol. The molecule has 0 aromatic carbocycles. The number of unbranched alkanes of at least 4 members (excludes halogenated alkanes) is 11. The molecule has 5 heteroatoms. The van der Waals surface area contributed by atoms with Gasteiger partial charge in [0.25, 0.3) is 0 Å². The van der Waals surface area contributed by atoms with Crippen molar-refractivity contribution in [2.45, 2.75) is 124 Å². The first kappa shape index (κ1) is 27.7. The van der Waals surface area contributed by atoms with Gasteiger partial charge in [-0.1, -0.05) is 105 Å². The number of alkyl carbamates (subject to hydrolysis) is 1. The number of esters is 1. The van der Waals surface area contributed by atoms with E-state index in [1.54, 1.807) is 0 Å². The van der Waals surface area contributed by atoms with Crippen molar-refractivity contribution in [3.63, 3.8) is 0 Å². The third-order valence-electron chi connectivity index (χ3n) is 5.42. The maximum absolute atomic E-state index is 12.4. The molecule has 1 amide bonds. The van der Waals surface area contributed by atoms with Gasteiger partial charge in [-0.25, -0.2) is 9.59 Å². The molecule has 1 N–H and O–H groups in total. The van der Waals surface area contributed by atoms with E-state index >= 15 is 0 Å². The molecule has 0 saturated carbocycles. The number of carbonyl (C=O) groups excluding carboxylic acids is 2. The zero-order chi connectivity index (χ0) is 21.7. The second-order valence-corrected chi connectivity index (χ2v) is 8.20. The summed E-state index contributed by atoms with van der Waals surface area (Å²) in [6.45, 7) is 8.90. The van der Waals surface area contributed by atoms with Crippen LogP contribution in [-0.2, 0) is 14.3 Å². The molecule has 0 aromatic heterocycles. The Balaban J connectivity index is 3.78. The Morgan fingerprint density at radius 1 is 0.690 bits per heavy atom. The fraction of sp³-hybridized carbons (Fsp3) is 0.917. The third kappa shape index (κ3) is 16.2. The highest BCUT2D eigenvalue weighted by molar-refractivity contribution is 5.81. The Hall–Kier alpha value is -1.26. The molecular formula is C24H47NO4. The number of carbonyl (C=O) groups is 2. The van der Waals surface area contributed by atoms with Crippen LogP contribution in [0, 0.1) is 5.92 Å². The minimum absolute atomic E-state index is 0.0126. The van der Waals surface area contributed by atoms with E-state index in [9.17, 15) is 9.59 Å². The fourth-order valence-electron chi connectivity index (χ4n) is 3.24. The summed E-state index contributed by atoms with van der Waals surface area (Å²) in [4.78, 5) is 24.1. The van der Waals surface area contributed by atoms with Crippen molar-refractivity contribution < 1.29 is 19.1 Å². The van der Waals surface area contributed by atoms with Gasteiger partial charge in [0.05, 0.1) is 13.2 Å². The lowest BCUT2D eigenvalue weighted by Crippen LogP contribution is -2.46. The number of amides is 1. The highest BCUT2D eigenvalue weighted by Crippen LogP contribution is 2.13. The Morgan fingerprint density at radius 2 is 1.21 bits per heavy atom. The molecule has 0 rings (SSSR count). The zero-order valence-corrected chi connectivity index (χ0v) is 19.6. The van der Waals surface area contributed by atoms with Crippen molar-refractivity contribution >= 4 is 12.1 Å². The van der Waals surface area contributed by atoms with Crippen LogP contribution in [0.15, 0.2) is 0 Å². The minimum Gasteiger partial charge on any atom is -0.464 e. The summed E-state index contributed by atoms with van der Waals surface area (Å²) in [5.74, 6) is -0.338. The van der Waals surface area contributed by atoms with Crippen LogP contribution in [0.3, 0.4) is 0 Å². The molecule has 172 valence electrons. The molecule has 0 fully saturated rings. The van der Waals surface area contributed by atoms with Crippen LogP contribution < -0.4 is 5.32 Å². The van der Waals surface area contributed by atoms with Crippen molar-refractivity contribution in [1.82, 2.24) is 5.32 Å². The molecule has 29 heavy (non-hydrogen) atoms. The van der Waals surface area contributed by atoms with Gasteiger partial charge in [-0.2, -0.15) is 0 Å². The normalized spacial score (nSPS) is 13.0. The molecule has 0 aromatic rings. The largest absolute Gasteiger partial charge is 0.464 e. The average Bonchev–Trinajstić information content (AvgIpc) is 2.73. The van der Waals surface area contributed by atoms with Crippen LogP contribution >= 0.6 is 0 Å². The number of ether oxygens (including phenoxy) is 2. The highest BCUT2D eigenvalue weighted by Gasteiger charge is 2.27. The second kappa shape index (κ2) is 20.0. The van der Waals surface area contributed by atoms with Gasteiger partial charge in [0.1, 0.15) is 6.04 Å². The second-order valence-electron chi connectivity index (χ2n) is 8.20. The highest BCUT2D eigenvalue weighted by atomic mass is 16.6. The van der Waals surface area contributed by atoms with Gasteiger partial charge in [0.2, 0.25) is 0 Å². The van der Waals surface area contributed by atoms with E-state index in [0.29, 0.717) is 13.2 Å². The molecule has 0 heterocycles. The summed E-state index contributed by atoms with van der Waals surface area (Å²) >= 11 is 0. The summed E-state index contributed by atoms with van der Waals surface area (Å²) in [5.41, 5.74) is 0. The van der Waals surface area contributed by atoms with E-state index in [1.165, 1.54) is 64.2 Å². The van der Waals surface area contributed by atoms with Gasteiger partial charge < -0.3 is 14.8 Å². The van der Waals surface area contributed by atoms with Crippen molar-refractivity contribution in [3.8, 4) is 0 Å². The molecule has 2 atom stereocenters. The Morgan fingerprint density at radius 3 is 1.69 bits per heavy atom. The number of nitrogens with one attached hydrogen (secondary N) is 1. The SMILES string of the molecule is CCCCCCCCCCCCCCOC(=O)C(NC(=O)OCCC)C(C)CC. The van der Waals surface area contributed by atoms with E-state index in [0.717, 1.165) is 25.7 Å². The van der Waals surface area contributed by atoms with Gasteiger partial charge in [-0.05, 0) is 18.8 Å². The quantitative estimate of drug-likeness (QED) is 0.187. The van der Waals surface area contributed by atoms with Gasteiger partial charge in [-0.3, -0.25) is 0 Å². The zero-order valence-electron chi connectivity index (χ0n) is 19.6.